The van der Waals surface area contributed by atoms with Gasteiger partial charge < -0.3 is 14.6 Å². The molecule has 0 saturated carbocycles. The van der Waals surface area contributed by atoms with E-state index in [1.165, 1.54) is 14.2 Å². The van der Waals surface area contributed by atoms with Gasteiger partial charge in [0, 0.05) is 33.0 Å². The lowest BCUT2D eigenvalue weighted by Gasteiger charge is -2.29. The average Bonchev–Trinajstić information content (AvgIpc) is 2.54. The molecule has 14 heavy (non-hydrogen) atoms. The maximum absolute atomic E-state index is 10.2. The molecule has 1 atom stereocenters. The Kier molecular flexibility index (Phi) is 3.25. The minimum absolute atomic E-state index is 0.661. The zero-order valence-electron chi connectivity index (χ0n) is 8.89. The Labute approximate surface area is 83.2 Å². The standard InChI is InChI=1S/C9H16N2O3/c1-9(12,8(13-3)14-4)7-5-10-11(2)6-7/h5-6,8,12H,1-4H3. The maximum Gasteiger partial charge on any atom is 0.189 e. The molecule has 5 nitrogen and oxygen atoms in total. The summed E-state index contributed by atoms with van der Waals surface area (Å²) in [6, 6.07) is 0. The number of aromatic nitrogens is 2. The highest BCUT2D eigenvalue weighted by atomic mass is 16.7. The Bertz CT molecular complexity index is 292. The molecule has 0 amide bonds. The Balaban J connectivity index is 2.93. The van der Waals surface area contributed by atoms with Crippen LogP contribution >= 0.6 is 0 Å². The van der Waals surface area contributed by atoms with Crippen molar-refractivity contribution in [3.05, 3.63) is 18.0 Å². The van der Waals surface area contributed by atoms with Gasteiger partial charge in [0.1, 0.15) is 5.60 Å². The highest BCUT2D eigenvalue weighted by molar-refractivity contribution is 5.14. The van der Waals surface area contributed by atoms with Gasteiger partial charge in [-0.25, -0.2) is 0 Å². The molecular formula is C9H16N2O3. The van der Waals surface area contributed by atoms with Gasteiger partial charge in [-0.15, -0.1) is 0 Å². The van der Waals surface area contributed by atoms with Crippen LogP contribution in [0.25, 0.3) is 0 Å². The van der Waals surface area contributed by atoms with Crippen molar-refractivity contribution in [3.63, 3.8) is 0 Å². The molecule has 0 bridgehead atoms. The number of nitrogens with zero attached hydrogens (tertiary/aromatic N) is 2. The van der Waals surface area contributed by atoms with Gasteiger partial charge in [0.25, 0.3) is 0 Å². The summed E-state index contributed by atoms with van der Waals surface area (Å²) in [6.45, 7) is 1.63. The molecule has 1 aromatic heterocycles. The lowest BCUT2D eigenvalue weighted by atomic mass is 9.99. The Morgan fingerprint density at radius 3 is 2.43 bits per heavy atom. The van der Waals surface area contributed by atoms with Crippen LogP contribution in [0.5, 0.6) is 0 Å². The smallest absolute Gasteiger partial charge is 0.189 e. The van der Waals surface area contributed by atoms with Crippen LogP contribution < -0.4 is 0 Å². The molecule has 80 valence electrons. The van der Waals surface area contributed by atoms with Gasteiger partial charge in [-0.05, 0) is 6.92 Å². The van der Waals surface area contributed by atoms with E-state index in [2.05, 4.69) is 5.10 Å². The average molecular weight is 200 g/mol. The number of aryl methyl sites for hydroxylation is 1. The summed E-state index contributed by atoms with van der Waals surface area (Å²) in [5.74, 6) is 0. The Morgan fingerprint density at radius 2 is 2.07 bits per heavy atom. The predicted molar refractivity (Wildman–Crippen MR) is 50.6 cm³/mol. The molecule has 1 N–H and O–H groups in total. The highest BCUT2D eigenvalue weighted by Crippen LogP contribution is 2.26. The first-order valence-electron chi connectivity index (χ1n) is 4.29. The van der Waals surface area contributed by atoms with E-state index in [0.29, 0.717) is 5.56 Å². The van der Waals surface area contributed by atoms with Crippen molar-refractivity contribution in [1.29, 1.82) is 0 Å². The lowest BCUT2D eigenvalue weighted by molar-refractivity contribution is -0.213. The third kappa shape index (κ3) is 1.95. The number of rotatable bonds is 4. The number of methoxy groups -OCH3 is 2. The lowest BCUT2D eigenvalue weighted by Crippen LogP contribution is -2.39. The first-order valence-corrected chi connectivity index (χ1v) is 4.29. The molecular weight excluding hydrogens is 184 g/mol. The van der Waals surface area contributed by atoms with E-state index in [9.17, 15) is 5.11 Å². The number of ether oxygens (including phenoxy) is 2. The molecule has 0 aromatic carbocycles. The second kappa shape index (κ2) is 4.08. The quantitative estimate of drug-likeness (QED) is 0.708. The van der Waals surface area contributed by atoms with Crippen LogP contribution in [0.15, 0.2) is 12.4 Å². The third-order valence-electron chi connectivity index (χ3n) is 2.18. The second-order valence-corrected chi connectivity index (χ2v) is 3.35. The van der Waals surface area contributed by atoms with Crippen LogP contribution in [0.3, 0.4) is 0 Å². The van der Waals surface area contributed by atoms with Gasteiger partial charge >= 0.3 is 0 Å². The molecule has 0 aliphatic carbocycles. The van der Waals surface area contributed by atoms with Crippen LogP contribution in [0.2, 0.25) is 0 Å². The summed E-state index contributed by atoms with van der Waals surface area (Å²) >= 11 is 0. The van der Waals surface area contributed by atoms with Crippen molar-refractivity contribution in [2.45, 2.75) is 18.8 Å². The summed E-state index contributed by atoms with van der Waals surface area (Å²) in [6.07, 6.45) is 2.61. The van der Waals surface area contributed by atoms with Crippen LogP contribution in [-0.2, 0) is 22.1 Å². The molecule has 5 heteroatoms. The largest absolute Gasteiger partial charge is 0.380 e. The van der Waals surface area contributed by atoms with Crippen LogP contribution in [0.1, 0.15) is 12.5 Å². The SMILES string of the molecule is COC(OC)C(C)(O)c1cnn(C)c1. The van der Waals surface area contributed by atoms with E-state index < -0.39 is 11.9 Å². The molecule has 1 rings (SSSR count). The van der Waals surface area contributed by atoms with Crippen molar-refractivity contribution in [2.75, 3.05) is 14.2 Å². The van der Waals surface area contributed by atoms with Crippen molar-refractivity contribution >= 4 is 0 Å². The minimum atomic E-state index is -1.20. The zero-order chi connectivity index (χ0) is 10.8. The number of hydrogen-bond donors (Lipinski definition) is 1. The van der Waals surface area contributed by atoms with Gasteiger partial charge in [-0.3, -0.25) is 4.68 Å². The van der Waals surface area contributed by atoms with Gasteiger partial charge in [0.2, 0.25) is 0 Å². The Hall–Kier alpha value is -0.910. The first kappa shape index (κ1) is 11.2. The third-order valence-corrected chi connectivity index (χ3v) is 2.18. The summed E-state index contributed by atoms with van der Waals surface area (Å²) < 4.78 is 11.7. The first-order chi connectivity index (χ1) is 6.52. The predicted octanol–water partition coefficient (Wildman–Crippen LogP) is 0.246. The van der Waals surface area contributed by atoms with Crippen molar-refractivity contribution in [1.82, 2.24) is 9.78 Å². The molecule has 0 aliphatic rings. The molecule has 0 radical (unpaired) electrons. The van der Waals surface area contributed by atoms with Crippen LogP contribution in [0, 0.1) is 0 Å². The fraction of sp³-hybridized carbons (Fsp3) is 0.667. The zero-order valence-corrected chi connectivity index (χ0v) is 8.89. The highest BCUT2D eigenvalue weighted by Gasteiger charge is 2.35. The molecule has 0 spiro atoms. The van der Waals surface area contributed by atoms with Gasteiger partial charge in [0.15, 0.2) is 6.29 Å². The summed E-state index contributed by atoms with van der Waals surface area (Å²) in [7, 11) is 4.76. The monoisotopic (exact) mass is 200 g/mol. The van der Waals surface area contributed by atoms with Crippen molar-refractivity contribution < 1.29 is 14.6 Å². The maximum atomic E-state index is 10.2. The van der Waals surface area contributed by atoms with E-state index in [1.807, 2.05) is 0 Å². The Morgan fingerprint density at radius 1 is 1.50 bits per heavy atom. The number of hydrogen-bond acceptors (Lipinski definition) is 4. The molecule has 1 unspecified atom stereocenters. The summed E-state index contributed by atoms with van der Waals surface area (Å²) in [5.41, 5.74) is -0.536. The topological polar surface area (TPSA) is 56.5 Å². The molecule has 0 saturated heterocycles. The molecule has 1 heterocycles. The van der Waals surface area contributed by atoms with Crippen molar-refractivity contribution in [2.24, 2.45) is 7.05 Å². The van der Waals surface area contributed by atoms with Crippen molar-refractivity contribution in [3.8, 4) is 0 Å². The van der Waals surface area contributed by atoms with E-state index in [-0.39, 0.29) is 0 Å². The second-order valence-electron chi connectivity index (χ2n) is 3.35. The minimum Gasteiger partial charge on any atom is -0.380 e. The van der Waals surface area contributed by atoms with E-state index in [0.717, 1.165) is 0 Å². The fourth-order valence-corrected chi connectivity index (χ4v) is 1.37. The van der Waals surface area contributed by atoms with Gasteiger partial charge in [0.05, 0.1) is 6.20 Å². The molecule has 0 aliphatic heterocycles. The van der Waals surface area contributed by atoms with Crippen LogP contribution in [-0.4, -0.2) is 35.4 Å². The van der Waals surface area contributed by atoms with E-state index in [4.69, 9.17) is 9.47 Å². The van der Waals surface area contributed by atoms with Gasteiger partial charge in [-0.2, -0.15) is 5.10 Å². The molecule has 1 aromatic rings. The molecule has 0 fully saturated rings. The summed E-state index contributed by atoms with van der Waals surface area (Å²) in [4.78, 5) is 0. The number of aliphatic hydroxyl groups is 1. The van der Waals surface area contributed by atoms with E-state index in [1.54, 1.807) is 31.0 Å². The van der Waals surface area contributed by atoms with Gasteiger partial charge in [-0.1, -0.05) is 0 Å². The van der Waals surface area contributed by atoms with E-state index >= 15 is 0 Å². The summed E-state index contributed by atoms with van der Waals surface area (Å²) in [5, 5.41) is 14.1. The fourth-order valence-electron chi connectivity index (χ4n) is 1.37. The normalized spacial score (nSPS) is 15.9. The van der Waals surface area contributed by atoms with Crippen LogP contribution in [0.4, 0.5) is 0 Å².